The lowest BCUT2D eigenvalue weighted by atomic mass is 10.1. The number of hydrogen-bond acceptors (Lipinski definition) is 5. The lowest BCUT2D eigenvalue weighted by Gasteiger charge is -2.11. The van der Waals surface area contributed by atoms with Gasteiger partial charge in [-0.25, -0.2) is 0 Å². The summed E-state index contributed by atoms with van der Waals surface area (Å²) in [5.74, 6) is -0.504. The molecule has 0 saturated carbocycles. The number of aliphatic carboxylic acids is 1. The van der Waals surface area contributed by atoms with E-state index in [1.807, 2.05) is 0 Å². The number of rotatable bonds is 4. The van der Waals surface area contributed by atoms with Gasteiger partial charge in [-0.15, -0.1) is 0 Å². The van der Waals surface area contributed by atoms with Crippen LogP contribution >= 0.6 is 0 Å². The summed E-state index contributed by atoms with van der Waals surface area (Å²) in [4.78, 5) is 22.2. The Labute approximate surface area is 109 Å². The molecule has 102 valence electrons. The van der Waals surface area contributed by atoms with E-state index in [-0.39, 0.29) is 13.2 Å². The number of fused-ring (bicyclic) bond motifs is 1. The van der Waals surface area contributed by atoms with Gasteiger partial charge in [-0.1, -0.05) is 0 Å². The van der Waals surface area contributed by atoms with Crippen LogP contribution in [0.4, 0.5) is 5.69 Å². The Hall–Kier alpha value is -2.28. The highest BCUT2D eigenvalue weighted by molar-refractivity contribution is 5.94. The molecule has 0 saturated heterocycles. The van der Waals surface area contributed by atoms with Crippen molar-refractivity contribution in [3.8, 4) is 11.5 Å². The van der Waals surface area contributed by atoms with Gasteiger partial charge in [0, 0.05) is 11.8 Å². The Kier molecular flexibility index (Phi) is 3.57. The van der Waals surface area contributed by atoms with Crippen LogP contribution < -0.4 is 20.5 Å². The molecule has 7 heteroatoms. The highest BCUT2D eigenvalue weighted by Crippen LogP contribution is 2.36. The van der Waals surface area contributed by atoms with Gasteiger partial charge in [-0.05, 0) is 18.6 Å². The Balaban J connectivity index is 2.07. The number of aryl methyl sites for hydroxylation is 1. The molecule has 0 bridgehead atoms. The van der Waals surface area contributed by atoms with Crippen molar-refractivity contribution >= 4 is 17.6 Å². The SMILES string of the molecule is Cc1cc2c(cc1NC(=O)CC(N)C(=O)O)OCO2. The number of carboxylic acid groups (broad SMARTS) is 1. The summed E-state index contributed by atoms with van der Waals surface area (Å²) in [5.41, 5.74) is 6.64. The molecule has 1 aromatic carbocycles. The second-order valence-corrected chi connectivity index (χ2v) is 4.22. The zero-order valence-electron chi connectivity index (χ0n) is 10.3. The predicted octanol–water partition coefficient (Wildman–Crippen LogP) is 0.464. The summed E-state index contributed by atoms with van der Waals surface area (Å²) >= 11 is 0. The molecule has 19 heavy (non-hydrogen) atoms. The van der Waals surface area contributed by atoms with E-state index in [0.29, 0.717) is 17.2 Å². The minimum atomic E-state index is -1.21. The first-order chi connectivity index (χ1) is 8.97. The van der Waals surface area contributed by atoms with E-state index >= 15 is 0 Å². The summed E-state index contributed by atoms with van der Waals surface area (Å²) in [5, 5.41) is 11.2. The van der Waals surface area contributed by atoms with Crippen LogP contribution in [0.1, 0.15) is 12.0 Å². The average molecular weight is 266 g/mol. The van der Waals surface area contributed by atoms with Crippen molar-refractivity contribution in [2.75, 3.05) is 12.1 Å². The predicted molar refractivity (Wildman–Crippen MR) is 66.2 cm³/mol. The van der Waals surface area contributed by atoms with E-state index < -0.39 is 17.9 Å². The summed E-state index contributed by atoms with van der Waals surface area (Å²) in [6.45, 7) is 1.95. The van der Waals surface area contributed by atoms with Crippen molar-refractivity contribution in [1.29, 1.82) is 0 Å². The van der Waals surface area contributed by atoms with Crippen LogP contribution in [0.25, 0.3) is 0 Å². The third-order valence-electron chi connectivity index (χ3n) is 2.72. The molecular formula is C12H14N2O5. The lowest BCUT2D eigenvalue weighted by molar-refractivity contribution is -0.140. The van der Waals surface area contributed by atoms with Gasteiger partial charge < -0.3 is 25.6 Å². The molecule has 1 amide bonds. The monoisotopic (exact) mass is 266 g/mol. The van der Waals surface area contributed by atoms with Crippen molar-refractivity contribution in [2.24, 2.45) is 5.73 Å². The van der Waals surface area contributed by atoms with Gasteiger partial charge in [0.05, 0.1) is 6.42 Å². The van der Waals surface area contributed by atoms with Crippen LogP contribution in [0, 0.1) is 6.92 Å². The molecular weight excluding hydrogens is 252 g/mol. The van der Waals surface area contributed by atoms with Crippen molar-refractivity contribution in [3.05, 3.63) is 17.7 Å². The largest absolute Gasteiger partial charge is 0.480 e. The number of benzene rings is 1. The number of nitrogens with two attached hydrogens (primary N) is 1. The van der Waals surface area contributed by atoms with Crippen molar-refractivity contribution in [2.45, 2.75) is 19.4 Å². The van der Waals surface area contributed by atoms with Crippen LogP contribution in [0.2, 0.25) is 0 Å². The molecule has 4 N–H and O–H groups in total. The summed E-state index contributed by atoms with van der Waals surface area (Å²) in [7, 11) is 0. The summed E-state index contributed by atoms with van der Waals surface area (Å²) in [6, 6.07) is 2.17. The maximum atomic E-state index is 11.7. The molecule has 0 spiro atoms. The number of carbonyl (C=O) groups is 2. The molecule has 1 heterocycles. The van der Waals surface area contributed by atoms with Crippen LogP contribution in [0.15, 0.2) is 12.1 Å². The zero-order chi connectivity index (χ0) is 14.0. The fraction of sp³-hybridized carbons (Fsp3) is 0.333. The fourth-order valence-corrected chi connectivity index (χ4v) is 1.67. The molecule has 7 nitrogen and oxygen atoms in total. The number of hydrogen-bond donors (Lipinski definition) is 3. The number of carbonyl (C=O) groups excluding carboxylic acids is 1. The number of ether oxygens (including phenoxy) is 2. The van der Waals surface area contributed by atoms with E-state index in [9.17, 15) is 9.59 Å². The molecule has 1 unspecified atom stereocenters. The van der Waals surface area contributed by atoms with E-state index in [4.69, 9.17) is 20.3 Å². The number of amides is 1. The Morgan fingerprint density at radius 3 is 2.68 bits per heavy atom. The molecule has 1 atom stereocenters. The third-order valence-corrected chi connectivity index (χ3v) is 2.72. The number of anilines is 1. The second kappa shape index (κ2) is 5.15. The van der Waals surface area contributed by atoms with Crippen molar-refractivity contribution in [3.63, 3.8) is 0 Å². The smallest absolute Gasteiger partial charge is 0.321 e. The summed E-state index contributed by atoms with van der Waals surface area (Å²) in [6.07, 6.45) is -0.288. The van der Waals surface area contributed by atoms with E-state index in [1.54, 1.807) is 19.1 Å². The van der Waals surface area contributed by atoms with Crippen LogP contribution in [-0.4, -0.2) is 29.8 Å². The van der Waals surface area contributed by atoms with Gasteiger partial charge in [-0.2, -0.15) is 0 Å². The minimum Gasteiger partial charge on any atom is -0.480 e. The van der Waals surface area contributed by atoms with Gasteiger partial charge in [-0.3, -0.25) is 9.59 Å². The molecule has 1 aliphatic heterocycles. The van der Waals surface area contributed by atoms with Crippen LogP contribution in [0.5, 0.6) is 11.5 Å². The molecule has 0 radical (unpaired) electrons. The maximum Gasteiger partial charge on any atom is 0.321 e. The number of carboxylic acids is 1. The molecule has 0 fully saturated rings. The highest BCUT2D eigenvalue weighted by atomic mass is 16.7. The van der Waals surface area contributed by atoms with Crippen LogP contribution in [0.3, 0.4) is 0 Å². The van der Waals surface area contributed by atoms with Crippen LogP contribution in [-0.2, 0) is 9.59 Å². The van der Waals surface area contributed by atoms with Gasteiger partial charge in [0.15, 0.2) is 11.5 Å². The average Bonchev–Trinajstić information content (AvgIpc) is 2.76. The Bertz CT molecular complexity index is 529. The topological polar surface area (TPSA) is 111 Å². The quantitative estimate of drug-likeness (QED) is 0.730. The summed E-state index contributed by atoms with van der Waals surface area (Å²) < 4.78 is 10.4. The first kappa shape index (κ1) is 13.2. The Morgan fingerprint density at radius 2 is 2.05 bits per heavy atom. The first-order valence-corrected chi connectivity index (χ1v) is 5.66. The Morgan fingerprint density at radius 1 is 1.42 bits per heavy atom. The van der Waals surface area contributed by atoms with E-state index in [2.05, 4.69) is 5.32 Å². The molecule has 2 rings (SSSR count). The maximum absolute atomic E-state index is 11.7. The molecule has 0 aromatic heterocycles. The van der Waals surface area contributed by atoms with Gasteiger partial charge in [0.2, 0.25) is 12.7 Å². The normalized spacial score (nSPS) is 14.0. The van der Waals surface area contributed by atoms with E-state index in [1.165, 1.54) is 0 Å². The fourth-order valence-electron chi connectivity index (χ4n) is 1.67. The van der Waals surface area contributed by atoms with Crippen molar-refractivity contribution in [1.82, 2.24) is 0 Å². The number of nitrogens with one attached hydrogen (secondary N) is 1. The second-order valence-electron chi connectivity index (χ2n) is 4.22. The van der Waals surface area contributed by atoms with E-state index in [0.717, 1.165) is 5.56 Å². The van der Waals surface area contributed by atoms with Gasteiger partial charge in [0.25, 0.3) is 0 Å². The van der Waals surface area contributed by atoms with Crippen molar-refractivity contribution < 1.29 is 24.2 Å². The minimum absolute atomic E-state index is 0.149. The molecule has 0 aliphatic carbocycles. The van der Waals surface area contributed by atoms with Gasteiger partial charge in [0.1, 0.15) is 6.04 Å². The standard InChI is InChI=1S/C12H14N2O5/c1-6-2-9-10(19-5-18-9)4-8(6)14-11(15)3-7(13)12(16)17/h2,4,7H,3,5,13H2,1H3,(H,14,15)(H,16,17). The lowest BCUT2D eigenvalue weighted by Crippen LogP contribution is -2.34. The highest BCUT2D eigenvalue weighted by Gasteiger charge is 2.19. The van der Waals surface area contributed by atoms with Gasteiger partial charge >= 0.3 is 5.97 Å². The zero-order valence-corrected chi connectivity index (χ0v) is 10.3. The third kappa shape index (κ3) is 2.94. The first-order valence-electron chi connectivity index (χ1n) is 5.66. The molecule has 1 aliphatic rings. The molecule has 1 aromatic rings.